The van der Waals surface area contributed by atoms with Crippen LogP contribution in [0.1, 0.15) is 52.7 Å². The molecule has 0 amide bonds. The van der Waals surface area contributed by atoms with E-state index in [2.05, 4.69) is 4.99 Å². The standard InChI is InChI=1S/C35H40F3NO11S/c1-18-27(30-31(50-34(5,6)49-30)33(44-18)51-23-13-8-7-9-14-23)48-32-26(39-16-22-12-10-11-15-24(22)35(36,37)38)29(46-21(4)42)28(45-20(3)41)25(47-32)17-43-19(2)40/h7-16,18,25-33H,17H2,1-6H3/t18-,25+,26+,27-,28+,29+,30+,31+,32+,33-/m0/s1. The van der Waals surface area contributed by atoms with Gasteiger partial charge in [0.25, 0.3) is 0 Å². The second-order valence-electron chi connectivity index (χ2n) is 12.7. The molecule has 12 nitrogen and oxygen atoms in total. The molecule has 3 aliphatic rings. The van der Waals surface area contributed by atoms with E-state index in [4.69, 9.17) is 37.9 Å². The maximum Gasteiger partial charge on any atom is 0.417 e. The number of nitrogens with zero attached hydrogens (tertiary/aromatic N) is 1. The highest BCUT2D eigenvalue weighted by Crippen LogP contribution is 2.44. The van der Waals surface area contributed by atoms with E-state index in [-0.39, 0.29) is 5.56 Å². The smallest absolute Gasteiger partial charge is 0.417 e. The van der Waals surface area contributed by atoms with Crippen LogP contribution in [-0.2, 0) is 58.5 Å². The normalized spacial score (nSPS) is 31.9. The van der Waals surface area contributed by atoms with Gasteiger partial charge in [0.1, 0.15) is 42.5 Å². The van der Waals surface area contributed by atoms with Gasteiger partial charge in [-0.15, -0.1) is 0 Å². The SMILES string of the molecule is CC(=O)OC[C@H]1O[C@H](O[C@@H]2[C@H]3OC(C)(C)O[C@H]3[C@H](Sc3ccccc3)O[C@H]2C)[C@H](N=Cc2ccccc2C(F)(F)F)[C@@H](OC(C)=O)[C@@H]1OC(C)=O. The van der Waals surface area contributed by atoms with Crippen molar-refractivity contribution in [2.24, 2.45) is 4.99 Å². The van der Waals surface area contributed by atoms with Crippen LogP contribution in [0.3, 0.4) is 0 Å². The minimum atomic E-state index is -4.71. The Morgan fingerprint density at radius 1 is 0.863 bits per heavy atom. The van der Waals surface area contributed by atoms with Crippen LogP contribution in [0.5, 0.6) is 0 Å². The van der Waals surface area contributed by atoms with Crippen molar-refractivity contribution in [3.63, 3.8) is 0 Å². The first-order valence-electron chi connectivity index (χ1n) is 16.2. The zero-order valence-electron chi connectivity index (χ0n) is 28.7. The molecule has 278 valence electrons. The lowest BCUT2D eigenvalue weighted by atomic mass is 9.95. The van der Waals surface area contributed by atoms with Crippen molar-refractivity contribution in [1.82, 2.24) is 0 Å². The lowest BCUT2D eigenvalue weighted by Gasteiger charge is -2.47. The Labute approximate surface area is 297 Å². The highest BCUT2D eigenvalue weighted by molar-refractivity contribution is 7.99. The van der Waals surface area contributed by atoms with Crippen LogP contribution in [0.2, 0.25) is 0 Å². The molecule has 3 heterocycles. The van der Waals surface area contributed by atoms with Gasteiger partial charge in [0.05, 0.1) is 11.7 Å². The predicted molar refractivity (Wildman–Crippen MR) is 175 cm³/mol. The topological polar surface area (TPSA) is 137 Å². The zero-order chi connectivity index (χ0) is 37.1. The van der Waals surface area contributed by atoms with Gasteiger partial charge in [-0.1, -0.05) is 48.2 Å². The molecule has 3 saturated heterocycles. The Morgan fingerprint density at radius 2 is 1.49 bits per heavy atom. The summed E-state index contributed by atoms with van der Waals surface area (Å²) in [7, 11) is 0. The number of hydrogen-bond donors (Lipinski definition) is 0. The second kappa shape index (κ2) is 16.0. The third-order valence-electron chi connectivity index (χ3n) is 8.18. The summed E-state index contributed by atoms with van der Waals surface area (Å²) in [4.78, 5) is 42.0. The molecule has 0 bridgehead atoms. The summed E-state index contributed by atoms with van der Waals surface area (Å²) in [5, 5.41) is 0. The maximum absolute atomic E-state index is 13.9. The van der Waals surface area contributed by atoms with Crippen LogP contribution in [0.15, 0.2) is 64.5 Å². The van der Waals surface area contributed by atoms with Gasteiger partial charge in [-0.2, -0.15) is 13.2 Å². The van der Waals surface area contributed by atoms with Crippen molar-refractivity contribution in [2.75, 3.05) is 6.61 Å². The van der Waals surface area contributed by atoms with Crippen LogP contribution < -0.4 is 0 Å². The molecule has 0 aliphatic carbocycles. The molecule has 0 spiro atoms. The quantitative estimate of drug-likeness (QED) is 0.183. The predicted octanol–water partition coefficient (Wildman–Crippen LogP) is 5.09. The number of benzene rings is 2. The average Bonchev–Trinajstić information content (AvgIpc) is 3.37. The largest absolute Gasteiger partial charge is 0.463 e. The molecule has 0 unspecified atom stereocenters. The van der Waals surface area contributed by atoms with Crippen LogP contribution in [0, 0.1) is 0 Å². The van der Waals surface area contributed by atoms with Gasteiger partial charge < -0.3 is 37.9 Å². The lowest BCUT2D eigenvalue weighted by molar-refractivity contribution is -0.307. The minimum absolute atomic E-state index is 0.291. The maximum atomic E-state index is 13.9. The lowest BCUT2D eigenvalue weighted by Crippen LogP contribution is -2.64. The van der Waals surface area contributed by atoms with Gasteiger partial charge in [-0.25, -0.2) is 0 Å². The number of rotatable bonds is 10. The Balaban J connectivity index is 1.54. The number of aliphatic imine (C=N–C) groups is 1. The molecule has 16 heteroatoms. The zero-order valence-corrected chi connectivity index (χ0v) is 29.6. The number of esters is 3. The number of ether oxygens (including phenoxy) is 8. The Bertz CT molecular complexity index is 1580. The summed E-state index contributed by atoms with van der Waals surface area (Å²) < 4.78 is 90.1. The van der Waals surface area contributed by atoms with E-state index in [1.807, 2.05) is 30.3 Å². The Morgan fingerprint density at radius 3 is 2.14 bits per heavy atom. The highest BCUT2D eigenvalue weighted by atomic mass is 32.2. The van der Waals surface area contributed by atoms with Gasteiger partial charge in [-0.05, 0) is 39.0 Å². The van der Waals surface area contributed by atoms with E-state index in [1.165, 1.54) is 30.0 Å². The molecular formula is C35H40F3NO11S. The number of alkyl halides is 3. The van der Waals surface area contributed by atoms with Crippen molar-refractivity contribution < 1.29 is 65.4 Å². The molecule has 10 atom stereocenters. The molecule has 2 aromatic rings. The number of carbonyl (C=O) groups excluding carboxylic acids is 3. The van der Waals surface area contributed by atoms with Crippen molar-refractivity contribution in [3.8, 4) is 0 Å². The third kappa shape index (κ3) is 9.67. The third-order valence-corrected chi connectivity index (χ3v) is 9.33. The van der Waals surface area contributed by atoms with Crippen LogP contribution in [-0.4, -0.2) is 97.0 Å². The van der Waals surface area contributed by atoms with Gasteiger partial charge in [-0.3, -0.25) is 19.4 Å². The number of carbonyl (C=O) groups is 3. The fraction of sp³-hybridized carbons (Fsp3) is 0.543. The summed E-state index contributed by atoms with van der Waals surface area (Å²) in [6.45, 7) is 8.17. The van der Waals surface area contributed by atoms with Crippen LogP contribution >= 0.6 is 11.8 Å². The van der Waals surface area contributed by atoms with E-state index < -0.39 is 103 Å². The fourth-order valence-corrected chi connectivity index (χ4v) is 7.33. The molecular weight excluding hydrogens is 699 g/mol. The van der Waals surface area contributed by atoms with Crippen molar-refractivity contribution >= 4 is 35.9 Å². The van der Waals surface area contributed by atoms with Gasteiger partial charge in [0.2, 0.25) is 0 Å². The fourth-order valence-electron chi connectivity index (χ4n) is 6.18. The first-order chi connectivity index (χ1) is 24.0. The summed E-state index contributed by atoms with van der Waals surface area (Å²) in [5.41, 5.74) is -1.78. The number of halogens is 3. The molecule has 0 saturated carbocycles. The summed E-state index contributed by atoms with van der Waals surface area (Å²) in [5.74, 6) is -3.34. The van der Waals surface area contributed by atoms with E-state index in [0.29, 0.717) is 0 Å². The monoisotopic (exact) mass is 739 g/mol. The molecule has 0 radical (unpaired) electrons. The van der Waals surface area contributed by atoms with Crippen LogP contribution in [0.25, 0.3) is 0 Å². The number of fused-ring (bicyclic) bond motifs is 1. The molecule has 3 aliphatic heterocycles. The summed E-state index contributed by atoms with van der Waals surface area (Å²) >= 11 is 1.44. The average molecular weight is 740 g/mol. The second-order valence-corrected chi connectivity index (χ2v) is 13.8. The molecule has 3 fully saturated rings. The van der Waals surface area contributed by atoms with Gasteiger partial charge in [0.15, 0.2) is 24.3 Å². The number of thioether (sulfide) groups is 1. The molecule has 0 N–H and O–H groups in total. The summed E-state index contributed by atoms with van der Waals surface area (Å²) in [6.07, 6.45) is -12.3. The first-order valence-corrected chi connectivity index (χ1v) is 17.1. The van der Waals surface area contributed by atoms with Crippen LogP contribution in [0.4, 0.5) is 13.2 Å². The molecule has 51 heavy (non-hydrogen) atoms. The van der Waals surface area contributed by atoms with Crippen molar-refractivity contribution in [2.45, 2.75) is 119 Å². The minimum Gasteiger partial charge on any atom is -0.463 e. The molecule has 5 rings (SSSR count). The van der Waals surface area contributed by atoms with Gasteiger partial charge in [0, 0.05) is 37.4 Å². The van der Waals surface area contributed by atoms with E-state index in [0.717, 1.165) is 37.9 Å². The Kier molecular flexibility index (Phi) is 12.1. The highest BCUT2D eigenvalue weighted by Gasteiger charge is 2.58. The number of hydrogen-bond acceptors (Lipinski definition) is 13. The van der Waals surface area contributed by atoms with Crippen molar-refractivity contribution in [3.05, 3.63) is 65.7 Å². The molecule has 2 aromatic carbocycles. The van der Waals surface area contributed by atoms with Crippen molar-refractivity contribution in [1.29, 1.82) is 0 Å². The Hall–Kier alpha value is -3.54. The van der Waals surface area contributed by atoms with Gasteiger partial charge >= 0.3 is 24.1 Å². The van der Waals surface area contributed by atoms with E-state index in [1.54, 1.807) is 20.8 Å². The van der Waals surface area contributed by atoms with E-state index in [9.17, 15) is 27.6 Å². The summed E-state index contributed by atoms with van der Waals surface area (Å²) in [6, 6.07) is 12.9. The van der Waals surface area contributed by atoms with E-state index >= 15 is 0 Å². The molecule has 0 aromatic heterocycles. The first kappa shape index (κ1) is 38.7.